The number of ether oxygens (including phenoxy) is 1. The molecule has 0 aromatic heterocycles. The van der Waals surface area contributed by atoms with Crippen LogP contribution in [0.5, 0.6) is 0 Å². The summed E-state index contributed by atoms with van der Waals surface area (Å²) >= 11 is 0. The number of hydrogen-bond acceptors (Lipinski definition) is 7. The highest BCUT2D eigenvalue weighted by molar-refractivity contribution is 5.99. The van der Waals surface area contributed by atoms with Gasteiger partial charge in [0.1, 0.15) is 23.7 Å². The van der Waals surface area contributed by atoms with Crippen molar-refractivity contribution in [1.82, 2.24) is 15.5 Å². The maximum Gasteiger partial charge on any atom is 0.408 e. The van der Waals surface area contributed by atoms with Crippen molar-refractivity contribution in [2.24, 2.45) is 5.92 Å². The SMILES string of the molecule is CC(C)[C@H](NC(=O)OC(C)(C)C)C(=O)N1CCC[C@H]1C(=O)N[C@@H](Cc1ccccc1)C(=O)Nc1ccc([N+](=O)[O-])cc1. The molecular weight excluding hydrogens is 542 g/mol. The summed E-state index contributed by atoms with van der Waals surface area (Å²) in [7, 11) is 0. The summed E-state index contributed by atoms with van der Waals surface area (Å²) in [5, 5.41) is 19.1. The van der Waals surface area contributed by atoms with Crippen molar-refractivity contribution in [1.29, 1.82) is 0 Å². The third-order valence-electron chi connectivity index (χ3n) is 6.70. The van der Waals surface area contributed by atoms with Gasteiger partial charge in [0.25, 0.3) is 5.69 Å². The third kappa shape index (κ3) is 9.02. The van der Waals surface area contributed by atoms with E-state index in [0.717, 1.165) is 5.56 Å². The number of nitrogens with zero attached hydrogens (tertiary/aromatic N) is 2. The summed E-state index contributed by atoms with van der Waals surface area (Å²) in [5.41, 5.74) is 0.285. The quantitative estimate of drug-likeness (QED) is 0.284. The number of amides is 4. The maximum absolute atomic E-state index is 13.6. The van der Waals surface area contributed by atoms with Gasteiger partial charge in [-0.25, -0.2) is 4.79 Å². The highest BCUT2D eigenvalue weighted by atomic mass is 16.6. The van der Waals surface area contributed by atoms with Crippen molar-refractivity contribution in [3.8, 4) is 0 Å². The number of non-ortho nitro benzene ring substituents is 1. The molecule has 2 aromatic rings. The number of nitrogens with one attached hydrogen (secondary N) is 3. The molecule has 1 fully saturated rings. The van der Waals surface area contributed by atoms with Gasteiger partial charge in [0, 0.05) is 30.8 Å². The first-order chi connectivity index (χ1) is 19.7. The van der Waals surface area contributed by atoms with E-state index in [4.69, 9.17) is 4.74 Å². The summed E-state index contributed by atoms with van der Waals surface area (Å²) in [6, 6.07) is 11.8. The van der Waals surface area contributed by atoms with E-state index in [2.05, 4.69) is 16.0 Å². The number of rotatable bonds is 10. The molecule has 0 bridgehead atoms. The van der Waals surface area contributed by atoms with Crippen molar-refractivity contribution in [3.63, 3.8) is 0 Å². The van der Waals surface area contributed by atoms with Gasteiger partial charge in [-0.1, -0.05) is 44.2 Å². The van der Waals surface area contributed by atoms with E-state index in [0.29, 0.717) is 25.1 Å². The lowest BCUT2D eigenvalue weighted by atomic mass is 10.0. The number of alkyl carbamates (subject to hydrolysis) is 1. The Hall–Kier alpha value is -4.48. The van der Waals surface area contributed by atoms with Crippen LogP contribution in [-0.2, 0) is 25.5 Å². The molecule has 3 atom stereocenters. The van der Waals surface area contributed by atoms with Crippen molar-refractivity contribution in [2.45, 2.75) is 77.6 Å². The predicted octanol–water partition coefficient (Wildman–Crippen LogP) is 3.80. The molecule has 0 aliphatic carbocycles. The summed E-state index contributed by atoms with van der Waals surface area (Å²) in [6.45, 7) is 9.09. The van der Waals surface area contributed by atoms with E-state index in [1.54, 1.807) is 34.6 Å². The Bertz CT molecular complexity index is 1280. The molecule has 42 heavy (non-hydrogen) atoms. The molecule has 0 saturated carbocycles. The minimum absolute atomic E-state index is 0.117. The lowest BCUT2D eigenvalue weighted by molar-refractivity contribution is -0.384. The van der Waals surface area contributed by atoms with Crippen LogP contribution in [0.25, 0.3) is 0 Å². The minimum atomic E-state index is -0.992. The Morgan fingerprint density at radius 2 is 1.67 bits per heavy atom. The van der Waals surface area contributed by atoms with E-state index in [1.807, 2.05) is 30.3 Å². The third-order valence-corrected chi connectivity index (χ3v) is 6.70. The molecule has 1 heterocycles. The van der Waals surface area contributed by atoms with Crippen LogP contribution in [0.3, 0.4) is 0 Å². The van der Waals surface area contributed by atoms with Crippen LogP contribution in [-0.4, -0.2) is 63.9 Å². The van der Waals surface area contributed by atoms with Crippen molar-refractivity contribution in [2.75, 3.05) is 11.9 Å². The molecule has 1 aliphatic rings. The summed E-state index contributed by atoms with van der Waals surface area (Å²) in [6.07, 6.45) is 0.442. The van der Waals surface area contributed by atoms with Crippen LogP contribution >= 0.6 is 0 Å². The first-order valence-electron chi connectivity index (χ1n) is 13.9. The van der Waals surface area contributed by atoms with E-state index < -0.39 is 52.5 Å². The molecule has 0 spiro atoms. The first kappa shape index (κ1) is 32.0. The molecule has 226 valence electrons. The van der Waals surface area contributed by atoms with Gasteiger partial charge < -0.3 is 25.6 Å². The Morgan fingerprint density at radius 3 is 2.24 bits per heavy atom. The lowest BCUT2D eigenvalue weighted by Gasteiger charge is -2.31. The molecule has 12 nitrogen and oxygen atoms in total. The zero-order valence-electron chi connectivity index (χ0n) is 24.6. The molecule has 12 heteroatoms. The van der Waals surface area contributed by atoms with Gasteiger partial charge >= 0.3 is 6.09 Å². The highest BCUT2D eigenvalue weighted by Gasteiger charge is 2.40. The standard InChI is InChI=1S/C30H39N5O7/c1-19(2)25(33-29(39)42-30(3,4)5)28(38)34-17-9-12-24(34)27(37)32-23(18-20-10-7-6-8-11-20)26(36)31-21-13-15-22(16-14-21)35(40)41/h6-8,10-11,13-16,19,23-25H,9,12,17-18H2,1-5H3,(H,31,36)(H,32,37)(H,33,39)/t23-,24-,25-/m0/s1. The van der Waals surface area contributed by atoms with Gasteiger partial charge in [0.2, 0.25) is 17.7 Å². The van der Waals surface area contributed by atoms with Gasteiger partial charge in [-0.05, 0) is 57.2 Å². The van der Waals surface area contributed by atoms with Gasteiger partial charge in [0.15, 0.2) is 0 Å². The minimum Gasteiger partial charge on any atom is -0.444 e. The number of carbonyl (C=O) groups is 4. The van der Waals surface area contributed by atoms with Crippen LogP contribution in [0.1, 0.15) is 53.0 Å². The van der Waals surface area contributed by atoms with E-state index in [9.17, 15) is 29.3 Å². The molecule has 4 amide bonds. The van der Waals surface area contributed by atoms with Crippen LogP contribution in [0.4, 0.5) is 16.2 Å². The van der Waals surface area contributed by atoms with Gasteiger partial charge in [-0.15, -0.1) is 0 Å². The first-order valence-corrected chi connectivity index (χ1v) is 13.9. The Labute approximate surface area is 245 Å². The Kier molecular flexibility index (Phi) is 10.6. The fourth-order valence-corrected chi connectivity index (χ4v) is 4.65. The number of benzene rings is 2. The number of carbonyl (C=O) groups excluding carboxylic acids is 4. The number of hydrogen-bond donors (Lipinski definition) is 3. The van der Waals surface area contributed by atoms with E-state index in [-0.39, 0.29) is 18.0 Å². The molecule has 0 radical (unpaired) electrons. The maximum atomic E-state index is 13.6. The van der Waals surface area contributed by atoms with Crippen LogP contribution in [0, 0.1) is 16.0 Å². The molecule has 3 rings (SSSR count). The topological polar surface area (TPSA) is 160 Å². The summed E-state index contributed by atoms with van der Waals surface area (Å²) in [5.74, 6) is -1.67. The monoisotopic (exact) mass is 581 g/mol. The molecule has 3 N–H and O–H groups in total. The molecule has 1 saturated heterocycles. The van der Waals surface area contributed by atoms with Crippen molar-refractivity contribution >= 4 is 35.2 Å². The second-order valence-corrected chi connectivity index (χ2v) is 11.6. The largest absolute Gasteiger partial charge is 0.444 e. The van der Waals surface area contributed by atoms with Gasteiger partial charge in [-0.2, -0.15) is 0 Å². The number of likely N-dealkylation sites (tertiary alicyclic amines) is 1. The number of nitro benzene ring substituents is 1. The highest BCUT2D eigenvalue weighted by Crippen LogP contribution is 2.22. The molecule has 2 aromatic carbocycles. The van der Waals surface area contributed by atoms with Crippen LogP contribution in [0.2, 0.25) is 0 Å². The number of anilines is 1. The second-order valence-electron chi connectivity index (χ2n) is 11.6. The van der Waals surface area contributed by atoms with Gasteiger partial charge in [0.05, 0.1) is 4.92 Å². The Balaban J connectivity index is 1.76. The lowest BCUT2D eigenvalue weighted by Crippen LogP contribution is -2.57. The zero-order chi connectivity index (χ0) is 31.0. The predicted molar refractivity (Wildman–Crippen MR) is 157 cm³/mol. The normalized spacial score (nSPS) is 16.3. The fourth-order valence-electron chi connectivity index (χ4n) is 4.65. The van der Waals surface area contributed by atoms with E-state index >= 15 is 0 Å². The zero-order valence-corrected chi connectivity index (χ0v) is 24.6. The van der Waals surface area contributed by atoms with Crippen molar-refractivity contribution < 1.29 is 28.8 Å². The summed E-state index contributed by atoms with van der Waals surface area (Å²) in [4.78, 5) is 64.8. The molecule has 1 aliphatic heterocycles. The summed E-state index contributed by atoms with van der Waals surface area (Å²) < 4.78 is 5.33. The van der Waals surface area contributed by atoms with Crippen LogP contribution in [0.15, 0.2) is 54.6 Å². The fraction of sp³-hybridized carbons (Fsp3) is 0.467. The molecule has 0 unspecified atom stereocenters. The average Bonchev–Trinajstić information content (AvgIpc) is 3.41. The van der Waals surface area contributed by atoms with Crippen molar-refractivity contribution in [3.05, 3.63) is 70.3 Å². The molecular formula is C30H39N5O7. The van der Waals surface area contributed by atoms with Gasteiger partial charge in [-0.3, -0.25) is 24.5 Å². The second kappa shape index (κ2) is 13.9. The Morgan fingerprint density at radius 1 is 1.02 bits per heavy atom. The van der Waals surface area contributed by atoms with E-state index in [1.165, 1.54) is 29.2 Å². The van der Waals surface area contributed by atoms with Crippen LogP contribution < -0.4 is 16.0 Å². The average molecular weight is 582 g/mol. The smallest absolute Gasteiger partial charge is 0.408 e. The number of nitro groups is 1.